The van der Waals surface area contributed by atoms with Crippen LogP contribution in [0.4, 0.5) is 0 Å². The van der Waals surface area contributed by atoms with Crippen LogP contribution in [0, 0.1) is 6.92 Å². The molecule has 1 aromatic rings. The van der Waals surface area contributed by atoms with E-state index in [2.05, 4.69) is 6.92 Å². The third-order valence-electron chi connectivity index (χ3n) is 2.33. The van der Waals surface area contributed by atoms with Crippen LogP contribution in [0.5, 0.6) is 0 Å². The van der Waals surface area contributed by atoms with Gasteiger partial charge in [-0.3, -0.25) is 0 Å². The van der Waals surface area contributed by atoms with Gasteiger partial charge < -0.3 is 9.84 Å². The lowest BCUT2D eigenvalue weighted by molar-refractivity contribution is -0.199. The van der Waals surface area contributed by atoms with Gasteiger partial charge in [-0.2, -0.15) is 0 Å². The number of methoxy groups -OCH3 is 1. The SMILES string of the molecule is [CH2]CCCC(O)(OC)c1ccccc1. The Morgan fingerprint density at radius 1 is 1.36 bits per heavy atom. The van der Waals surface area contributed by atoms with Crippen molar-refractivity contribution in [1.29, 1.82) is 0 Å². The first-order valence-corrected chi connectivity index (χ1v) is 4.85. The van der Waals surface area contributed by atoms with Crippen molar-refractivity contribution in [3.63, 3.8) is 0 Å². The summed E-state index contributed by atoms with van der Waals surface area (Å²) in [7, 11) is 1.52. The number of unbranched alkanes of at least 4 members (excludes halogenated alkanes) is 1. The maximum absolute atomic E-state index is 10.2. The Bertz CT molecular complexity index is 258. The molecule has 0 bridgehead atoms. The molecule has 0 aliphatic rings. The largest absolute Gasteiger partial charge is 0.362 e. The Kier molecular flexibility index (Phi) is 4.11. The first-order valence-electron chi connectivity index (χ1n) is 4.85. The van der Waals surface area contributed by atoms with Crippen molar-refractivity contribution in [2.75, 3.05) is 7.11 Å². The Labute approximate surface area is 85.5 Å². The third-order valence-corrected chi connectivity index (χ3v) is 2.33. The highest BCUT2D eigenvalue weighted by atomic mass is 16.6. The molecule has 0 amide bonds. The van der Waals surface area contributed by atoms with Gasteiger partial charge in [0.1, 0.15) is 0 Å². The average Bonchev–Trinajstić information content (AvgIpc) is 2.27. The van der Waals surface area contributed by atoms with Crippen molar-refractivity contribution in [2.24, 2.45) is 0 Å². The fourth-order valence-electron chi connectivity index (χ4n) is 1.43. The molecule has 1 unspecified atom stereocenters. The number of ether oxygens (including phenoxy) is 1. The minimum absolute atomic E-state index is 0.580. The Balaban J connectivity index is 2.79. The van der Waals surface area contributed by atoms with Crippen LogP contribution in [0.15, 0.2) is 30.3 Å². The van der Waals surface area contributed by atoms with E-state index in [4.69, 9.17) is 4.74 Å². The van der Waals surface area contributed by atoms with Gasteiger partial charge in [0.25, 0.3) is 0 Å². The van der Waals surface area contributed by atoms with Gasteiger partial charge in [-0.25, -0.2) is 0 Å². The molecular weight excluding hydrogens is 176 g/mol. The second kappa shape index (κ2) is 5.13. The fraction of sp³-hybridized carbons (Fsp3) is 0.417. The van der Waals surface area contributed by atoms with Crippen LogP contribution in [0.3, 0.4) is 0 Å². The average molecular weight is 193 g/mol. The standard InChI is InChI=1S/C12H17O2/c1-3-4-10-12(13,14-2)11-8-6-5-7-9-11/h5-9,13H,1,3-4,10H2,2H3. The van der Waals surface area contributed by atoms with E-state index < -0.39 is 5.79 Å². The fourth-order valence-corrected chi connectivity index (χ4v) is 1.43. The van der Waals surface area contributed by atoms with E-state index in [-0.39, 0.29) is 0 Å². The highest BCUT2D eigenvalue weighted by Gasteiger charge is 2.27. The number of hydrogen-bond donors (Lipinski definition) is 1. The molecule has 0 spiro atoms. The molecule has 77 valence electrons. The second-order valence-electron chi connectivity index (χ2n) is 3.31. The van der Waals surface area contributed by atoms with Crippen molar-refractivity contribution in [1.82, 2.24) is 0 Å². The van der Waals surface area contributed by atoms with Crippen LogP contribution >= 0.6 is 0 Å². The molecule has 1 rings (SSSR count). The number of rotatable bonds is 5. The van der Waals surface area contributed by atoms with E-state index >= 15 is 0 Å². The Morgan fingerprint density at radius 3 is 2.50 bits per heavy atom. The highest BCUT2D eigenvalue weighted by molar-refractivity contribution is 5.19. The summed E-state index contributed by atoms with van der Waals surface area (Å²) >= 11 is 0. The van der Waals surface area contributed by atoms with Crippen LogP contribution < -0.4 is 0 Å². The van der Waals surface area contributed by atoms with Gasteiger partial charge in [-0.1, -0.05) is 43.7 Å². The second-order valence-corrected chi connectivity index (χ2v) is 3.31. The summed E-state index contributed by atoms with van der Waals surface area (Å²) in [6.45, 7) is 3.75. The first kappa shape index (κ1) is 11.2. The summed E-state index contributed by atoms with van der Waals surface area (Å²) in [6, 6.07) is 9.44. The van der Waals surface area contributed by atoms with Gasteiger partial charge in [-0.05, 0) is 6.42 Å². The molecule has 1 atom stereocenters. The maximum Gasteiger partial charge on any atom is 0.191 e. The minimum atomic E-state index is -1.15. The molecule has 1 aromatic carbocycles. The molecule has 0 heterocycles. The molecular formula is C12H17O2. The molecule has 14 heavy (non-hydrogen) atoms. The van der Waals surface area contributed by atoms with Gasteiger partial charge in [0, 0.05) is 19.1 Å². The normalized spacial score (nSPS) is 15.1. The monoisotopic (exact) mass is 193 g/mol. The summed E-state index contributed by atoms with van der Waals surface area (Å²) in [5.74, 6) is -1.15. The Hall–Kier alpha value is -0.860. The highest BCUT2D eigenvalue weighted by Crippen LogP contribution is 2.27. The van der Waals surface area contributed by atoms with Crippen molar-refractivity contribution in [2.45, 2.75) is 25.0 Å². The van der Waals surface area contributed by atoms with E-state index in [9.17, 15) is 5.11 Å². The summed E-state index contributed by atoms with van der Waals surface area (Å²) in [6.07, 6.45) is 2.23. The van der Waals surface area contributed by atoms with Crippen LogP contribution in [0.25, 0.3) is 0 Å². The van der Waals surface area contributed by atoms with E-state index in [1.165, 1.54) is 7.11 Å². The topological polar surface area (TPSA) is 29.5 Å². The van der Waals surface area contributed by atoms with Gasteiger partial charge in [0.05, 0.1) is 0 Å². The lowest BCUT2D eigenvalue weighted by atomic mass is 10.00. The van der Waals surface area contributed by atoms with Crippen molar-refractivity contribution >= 4 is 0 Å². The smallest absolute Gasteiger partial charge is 0.191 e. The molecule has 0 saturated heterocycles. The van der Waals surface area contributed by atoms with Crippen molar-refractivity contribution < 1.29 is 9.84 Å². The van der Waals surface area contributed by atoms with Crippen molar-refractivity contribution in [3.05, 3.63) is 42.8 Å². The third kappa shape index (κ3) is 2.56. The van der Waals surface area contributed by atoms with Gasteiger partial charge in [0.15, 0.2) is 5.79 Å². The van der Waals surface area contributed by atoms with Gasteiger partial charge in [-0.15, -0.1) is 0 Å². The van der Waals surface area contributed by atoms with E-state index in [0.717, 1.165) is 18.4 Å². The molecule has 0 aromatic heterocycles. The predicted molar refractivity (Wildman–Crippen MR) is 56.6 cm³/mol. The van der Waals surface area contributed by atoms with Crippen LogP contribution in [0.1, 0.15) is 24.8 Å². The Morgan fingerprint density at radius 2 is 2.00 bits per heavy atom. The van der Waals surface area contributed by atoms with E-state index in [1.807, 2.05) is 30.3 Å². The quantitative estimate of drug-likeness (QED) is 0.728. The molecule has 2 heteroatoms. The zero-order chi connectivity index (χ0) is 10.4. The van der Waals surface area contributed by atoms with Gasteiger partial charge >= 0.3 is 0 Å². The molecule has 1 radical (unpaired) electrons. The molecule has 2 nitrogen and oxygen atoms in total. The minimum Gasteiger partial charge on any atom is -0.362 e. The van der Waals surface area contributed by atoms with E-state index in [1.54, 1.807) is 0 Å². The summed E-state index contributed by atoms with van der Waals surface area (Å²) in [4.78, 5) is 0. The zero-order valence-electron chi connectivity index (χ0n) is 8.57. The lowest BCUT2D eigenvalue weighted by Crippen LogP contribution is -2.27. The predicted octanol–water partition coefficient (Wildman–Crippen LogP) is 2.48. The van der Waals surface area contributed by atoms with Crippen LogP contribution in [-0.4, -0.2) is 12.2 Å². The maximum atomic E-state index is 10.2. The number of benzene rings is 1. The number of aliphatic hydroxyl groups is 1. The van der Waals surface area contributed by atoms with Crippen molar-refractivity contribution in [3.8, 4) is 0 Å². The molecule has 0 fully saturated rings. The molecule has 0 aliphatic carbocycles. The molecule has 0 aliphatic heterocycles. The zero-order valence-corrected chi connectivity index (χ0v) is 8.57. The summed E-state index contributed by atoms with van der Waals surface area (Å²) < 4.78 is 5.15. The summed E-state index contributed by atoms with van der Waals surface area (Å²) in [5.41, 5.74) is 0.802. The number of hydrogen-bond acceptors (Lipinski definition) is 2. The van der Waals surface area contributed by atoms with E-state index in [0.29, 0.717) is 6.42 Å². The molecule has 1 N–H and O–H groups in total. The van der Waals surface area contributed by atoms with Crippen LogP contribution in [0.2, 0.25) is 0 Å². The molecule has 0 saturated carbocycles. The first-order chi connectivity index (χ1) is 6.73. The summed E-state index contributed by atoms with van der Waals surface area (Å²) in [5, 5.41) is 10.2. The lowest BCUT2D eigenvalue weighted by Gasteiger charge is -2.26. The van der Waals surface area contributed by atoms with Gasteiger partial charge in [0.2, 0.25) is 0 Å². The van der Waals surface area contributed by atoms with Crippen LogP contribution in [-0.2, 0) is 10.5 Å².